The van der Waals surface area contributed by atoms with Crippen molar-refractivity contribution in [3.8, 4) is 5.69 Å². The normalized spacial score (nSPS) is 14.9. The quantitative estimate of drug-likeness (QED) is 0.732. The summed E-state index contributed by atoms with van der Waals surface area (Å²) in [5.41, 5.74) is 3.53. The van der Waals surface area contributed by atoms with Crippen molar-refractivity contribution in [2.24, 2.45) is 0 Å². The van der Waals surface area contributed by atoms with E-state index in [9.17, 15) is 0 Å². The molecular formula is C11H11N3S. The van der Waals surface area contributed by atoms with E-state index in [-0.39, 0.29) is 0 Å². The Bertz CT molecular complexity index is 464. The Labute approximate surface area is 92.5 Å². The fraction of sp³-hybridized carbons (Fsp3) is 0.273. The van der Waals surface area contributed by atoms with Crippen LogP contribution in [0.4, 0.5) is 0 Å². The zero-order valence-corrected chi connectivity index (χ0v) is 9.07. The molecule has 4 heteroatoms. The number of nitrogens with zero attached hydrogens (tertiary/aromatic N) is 3. The molecule has 2 heterocycles. The average molecular weight is 217 g/mol. The third kappa shape index (κ3) is 1.55. The molecule has 0 aliphatic carbocycles. The predicted octanol–water partition coefficient (Wildman–Crippen LogP) is 2.06. The molecule has 0 unspecified atom stereocenters. The lowest BCUT2D eigenvalue weighted by molar-refractivity contribution is 0.782. The molecule has 0 bridgehead atoms. The topological polar surface area (TPSA) is 30.7 Å². The second kappa shape index (κ2) is 3.70. The van der Waals surface area contributed by atoms with E-state index in [1.807, 2.05) is 34.6 Å². The van der Waals surface area contributed by atoms with Gasteiger partial charge in [-0.25, -0.2) is 4.68 Å². The molecule has 0 radical (unpaired) electrons. The zero-order chi connectivity index (χ0) is 10.1. The third-order valence-corrected chi connectivity index (χ3v) is 3.54. The zero-order valence-electron chi connectivity index (χ0n) is 8.26. The second-order valence-corrected chi connectivity index (χ2v) is 4.64. The lowest BCUT2D eigenvalue weighted by Gasteiger charge is -2.11. The van der Waals surface area contributed by atoms with Crippen molar-refractivity contribution in [3.63, 3.8) is 0 Å². The van der Waals surface area contributed by atoms with Gasteiger partial charge in [0, 0.05) is 12.2 Å². The second-order valence-electron chi connectivity index (χ2n) is 3.53. The summed E-state index contributed by atoms with van der Waals surface area (Å²) in [6, 6.07) is 10.2. The van der Waals surface area contributed by atoms with Crippen LogP contribution in [0.2, 0.25) is 0 Å². The summed E-state index contributed by atoms with van der Waals surface area (Å²) in [6.07, 6.45) is 1.05. The van der Waals surface area contributed by atoms with Crippen LogP contribution < -0.4 is 0 Å². The van der Waals surface area contributed by atoms with Crippen LogP contribution in [0.5, 0.6) is 0 Å². The number of hydrogen-bond acceptors (Lipinski definition) is 3. The summed E-state index contributed by atoms with van der Waals surface area (Å²) >= 11 is 1.95. The Hall–Kier alpha value is -1.29. The molecule has 0 spiro atoms. The first-order chi connectivity index (χ1) is 7.45. The van der Waals surface area contributed by atoms with Crippen molar-refractivity contribution in [2.75, 3.05) is 5.75 Å². The fourth-order valence-corrected chi connectivity index (χ4v) is 2.75. The molecular weight excluding hydrogens is 206 g/mol. The van der Waals surface area contributed by atoms with Gasteiger partial charge in [-0.2, -0.15) is 11.8 Å². The maximum atomic E-state index is 4.23. The summed E-state index contributed by atoms with van der Waals surface area (Å²) < 4.78 is 1.96. The van der Waals surface area contributed by atoms with E-state index in [0.29, 0.717) is 0 Å². The highest BCUT2D eigenvalue weighted by atomic mass is 32.2. The van der Waals surface area contributed by atoms with Crippen LogP contribution in [0.1, 0.15) is 11.4 Å². The summed E-state index contributed by atoms with van der Waals surface area (Å²) in [6.45, 7) is 0. The first kappa shape index (κ1) is 8.97. The fourth-order valence-electron chi connectivity index (χ4n) is 1.79. The lowest BCUT2D eigenvalue weighted by Crippen LogP contribution is -2.06. The van der Waals surface area contributed by atoms with Crippen molar-refractivity contribution in [3.05, 3.63) is 41.7 Å². The number of thioether (sulfide) groups is 1. The molecule has 76 valence electrons. The predicted molar refractivity (Wildman–Crippen MR) is 61.2 cm³/mol. The van der Waals surface area contributed by atoms with Gasteiger partial charge in [-0.05, 0) is 17.9 Å². The summed E-state index contributed by atoms with van der Waals surface area (Å²) in [5.74, 6) is 2.19. The molecule has 2 aromatic rings. The number of para-hydroxylation sites is 1. The van der Waals surface area contributed by atoms with Gasteiger partial charge in [0.1, 0.15) is 0 Å². The van der Waals surface area contributed by atoms with E-state index in [2.05, 4.69) is 22.4 Å². The highest BCUT2D eigenvalue weighted by Gasteiger charge is 2.17. The molecule has 0 amide bonds. The monoisotopic (exact) mass is 217 g/mol. The van der Waals surface area contributed by atoms with Crippen molar-refractivity contribution in [2.45, 2.75) is 12.2 Å². The van der Waals surface area contributed by atoms with E-state index in [4.69, 9.17) is 0 Å². The number of fused-ring (bicyclic) bond motifs is 1. The Morgan fingerprint density at radius 3 is 2.93 bits per heavy atom. The van der Waals surface area contributed by atoms with Crippen molar-refractivity contribution in [1.82, 2.24) is 15.0 Å². The molecule has 1 aromatic heterocycles. The van der Waals surface area contributed by atoms with Gasteiger partial charge in [0.05, 0.1) is 17.1 Å². The van der Waals surface area contributed by atoms with Gasteiger partial charge in [-0.3, -0.25) is 0 Å². The van der Waals surface area contributed by atoms with Crippen LogP contribution in [0.15, 0.2) is 30.3 Å². The highest BCUT2D eigenvalue weighted by Crippen LogP contribution is 2.24. The minimum atomic E-state index is 1.03. The van der Waals surface area contributed by atoms with Crippen LogP contribution in [0.25, 0.3) is 5.69 Å². The molecule has 15 heavy (non-hydrogen) atoms. The van der Waals surface area contributed by atoms with Gasteiger partial charge in [0.2, 0.25) is 0 Å². The van der Waals surface area contributed by atoms with Crippen LogP contribution in [-0.4, -0.2) is 20.7 Å². The Morgan fingerprint density at radius 1 is 1.20 bits per heavy atom. The molecule has 0 saturated heterocycles. The highest BCUT2D eigenvalue weighted by molar-refractivity contribution is 7.98. The minimum Gasteiger partial charge on any atom is -0.216 e. The van der Waals surface area contributed by atoms with Crippen LogP contribution >= 0.6 is 11.8 Å². The number of rotatable bonds is 1. The van der Waals surface area contributed by atoms with Gasteiger partial charge in [0.15, 0.2) is 0 Å². The SMILES string of the molecule is c1ccc(-n2nnc3c2CSCC3)cc1. The van der Waals surface area contributed by atoms with E-state index < -0.39 is 0 Å². The smallest absolute Gasteiger partial charge is 0.0880 e. The minimum absolute atomic E-state index is 1.03. The Morgan fingerprint density at radius 2 is 2.07 bits per heavy atom. The Balaban J connectivity index is 2.09. The van der Waals surface area contributed by atoms with Crippen LogP contribution in [0, 0.1) is 0 Å². The van der Waals surface area contributed by atoms with Crippen molar-refractivity contribution < 1.29 is 0 Å². The van der Waals surface area contributed by atoms with Crippen molar-refractivity contribution >= 4 is 11.8 Å². The van der Waals surface area contributed by atoms with E-state index in [0.717, 1.165) is 23.6 Å². The Kier molecular flexibility index (Phi) is 2.21. The molecule has 0 N–H and O–H groups in total. The molecule has 1 aromatic carbocycles. The maximum Gasteiger partial charge on any atom is 0.0880 e. The van der Waals surface area contributed by atoms with Gasteiger partial charge < -0.3 is 0 Å². The molecule has 0 atom stereocenters. The van der Waals surface area contributed by atoms with Crippen LogP contribution in [-0.2, 0) is 12.2 Å². The molecule has 0 saturated carbocycles. The lowest BCUT2D eigenvalue weighted by atomic mass is 10.2. The number of aryl methyl sites for hydroxylation is 1. The largest absolute Gasteiger partial charge is 0.216 e. The molecule has 3 rings (SSSR count). The molecule has 3 nitrogen and oxygen atoms in total. The van der Waals surface area contributed by atoms with Gasteiger partial charge >= 0.3 is 0 Å². The van der Waals surface area contributed by atoms with E-state index >= 15 is 0 Å². The van der Waals surface area contributed by atoms with E-state index in [1.54, 1.807) is 0 Å². The first-order valence-corrected chi connectivity index (χ1v) is 6.17. The van der Waals surface area contributed by atoms with E-state index in [1.165, 1.54) is 11.4 Å². The third-order valence-electron chi connectivity index (χ3n) is 2.57. The van der Waals surface area contributed by atoms with Gasteiger partial charge in [-0.1, -0.05) is 23.4 Å². The number of aromatic nitrogens is 3. The first-order valence-electron chi connectivity index (χ1n) is 5.02. The summed E-state index contributed by atoms with van der Waals surface area (Å²) in [4.78, 5) is 0. The number of hydrogen-bond donors (Lipinski definition) is 0. The molecule has 1 aliphatic heterocycles. The summed E-state index contributed by atoms with van der Waals surface area (Å²) in [5, 5.41) is 8.45. The summed E-state index contributed by atoms with van der Waals surface area (Å²) in [7, 11) is 0. The van der Waals surface area contributed by atoms with Crippen molar-refractivity contribution in [1.29, 1.82) is 0 Å². The average Bonchev–Trinajstić information content (AvgIpc) is 2.74. The number of benzene rings is 1. The van der Waals surface area contributed by atoms with Gasteiger partial charge in [0.25, 0.3) is 0 Å². The standard InChI is InChI=1S/C11H11N3S/c1-2-4-9(5-3-1)14-11-8-15-7-6-10(11)12-13-14/h1-5H,6-8H2. The molecule has 0 fully saturated rings. The molecule has 1 aliphatic rings. The van der Waals surface area contributed by atoms with Crippen LogP contribution in [0.3, 0.4) is 0 Å². The van der Waals surface area contributed by atoms with Gasteiger partial charge in [-0.15, -0.1) is 5.10 Å². The maximum absolute atomic E-state index is 4.23.